The standard InChI is InChI=1S/C15H23NOS/c1-10(2)9-16(11(3)4)15(17)14-8-13(18)7-6-12(14)5/h6-8,10-11,18H,9H2,1-5H3. The van der Waals surface area contributed by atoms with E-state index in [4.69, 9.17) is 0 Å². The quantitative estimate of drug-likeness (QED) is 0.821. The van der Waals surface area contributed by atoms with E-state index in [1.165, 1.54) is 0 Å². The van der Waals surface area contributed by atoms with E-state index in [9.17, 15) is 4.79 Å². The van der Waals surface area contributed by atoms with E-state index in [1.807, 2.05) is 30.0 Å². The van der Waals surface area contributed by atoms with Gasteiger partial charge < -0.3 is 4.90 Å². The van der Waals surface area contributed by atoms with Crippen molar-refractivity contribution in [1.82, 2.24) is 4.90 Å². The van der Waals surface area contributed by atoms with Crippen molar-refractivity contribution in [1.29, 1.82) is 0 Å². The van der Waals surface area contributed by atoms with Gasteiger partial charge in [-0.3, -0.25) is 4.79 Å². The lowest BCUT2D eigenvalue weighted by atomic mass is 10.1. The molecule has 0 saturated carbocycles. The largest absolute Gasteiger partial charge is 0.336 e. The number of thiol groups is 1. The topological polar surface area (TPSA) is 20.3 Å². The Morgan fingerprint density at radius 2 is 1.89 bits per heavy atom. The number of aryl methyl sites for hydroxylation is 1. The van der Waals surface area contributed by atoms with Crippen molar-refractivity contribution in [3.8, 4) is 0 Å². The lowest BCUT2D eigenvalue weighted by molar-refractivity contribution is 0.0681. The number of hydrogen-bond acceptors (Lipinski definition) is 2. The summed E-state index contributed by atoms with van der Waals surface area (Å²) in [5.74, 6) is 0.572. The number of carbonyl (C=O) groups excluding carboxylic acids is 1. The van der Waals surface area contributed by atoms with Gasteiger partial charge in [-0.25, -0.2) is 0 Å². The molecular weight excluding hydrogens is 242 g/mol. The zero-order valence-electron chi connectivity index (χ0n) is 11.9. The molecular formula is C15H23NOS. The van der Waals surface area contributed by atoms with Crippen LogP contribution in [0.25, 0.3) is 0 Å². The fourth-order valence-corrected chi connectivity index (χ4v) is 2.12. The van der Waals surface area contributed by atoms with Crippen molar-refractivity contribution in [3.63, 3.8) is 0 Å². The van der Waals surface area contributed by atoms with Crippen LogP contribution >= 0.6 is 12.6 Å². The first kappa shape index (κ1) is 15.1. The van der Waals surface area contributed by atoms with Crippen molar-refractivity contribution in [3.05, 3.63) is 29.3 Å². The number of rotatable bonds is 4. The van der Waals surface area contributed by atoms with Crippen LogP contribution in [0.1, 0.15) is 43.6 Å². The average molecular weight is 265 g/mol. The van der Waals surface area contributed by atoms with E-state index in [0.717, 1.165) is 22.6 Å². The molecule has 0 N–H and O–H groups in total. The van der Waals surface area contributed by atoms with Crippen LogP contribution in [-0.2, 0) is 0 Å². The van der Waals surface area contributed by atoms with Gasteiger partial charge in [0.25, 0.3) is 5.91 Å². The molecule has 1 aromatic rings. The minimum absolute atomic E-state index is 0.104. The maximum atomic E-state index is 12.6. The predicted molar refractivity (Wildman–Crippen MR) is 79.4 cm³/mol. The maximum Gasteiger partial charge on any atom is 0.254 e. The molecule has 0 unspecified atom stereocenters. The predicted octanol–water partition coefficient (Wildman–Crippen LogP) is 3.79. The number of benzene rings is 1. The Hall–Kier alpha value is -0.960. The lowest BCUT2D eigenvalue weighted by Crippen LogP contribution is -2.39. The average Bonchev–Trinajstić information content (AvgIpc) is 2.27. The Balaban J connectivity index is 3.05. The zero-order chi connectivity index (χ0) is 13.9. The van der Waals surface area contributed by atoms with Gasteiger partial charge in [-0.2, -0.15) is 0 Å². The fraction of sp³-hybridized carbons (Fsp3) is 0.533. The SMILES string of the molecule is Cc1ccc(S)cc1C(=O)N(CC(C)C)C(C)C. The molecule has 3 heteroatoms. The van der Waals surface area contributed by atoms with E-state index in [-0.39, 0.29) is 11.9 Å². The van der Waals surface area contributed by atoms with Gasteiger partial charge in [0.2, 0.25) is 0 Å². The van der Waals surface area contributed by atoms with Crippen LogP contribution < -0.4 is 0 Å². The Morgan fingerprint density at radius 1 is 1.28 bits per heavy atom. The summed E-state index contributed by atoms with van der Waals surface area (Å²) in [4.78, 5) is 15.3. The number of hydrogen-bond donors (Lipinski definition) is 1. The Bertz CT molecular complexity index is 427. The van der Waals surface area contributed by atoms with Crippen LogP contribution in [0.3, 0.4) is 0 Å². The van der Waals surface area contributed by atoms with Gasteiger partial charge in [0, 0.05) is 23.0 Å². The monoisotopic (exact) mass is 265 g/mol. The first-order valence-electron chi connectivity index (χ1n) is 6.43. The van der Waals surface area contributed by atoms with Gasteiger partial charge in [-0.05, 0) is 44.4 Å². The molecule has 1 rings (SSSR count). The summed E-state index contributed by atoms with van der Waals surface area (Å²) in [7, 11) is 0. The van der Waals surface area contributed by atoms with E-state index in [0.29, 0.717) is 5.92 Å². The Labute approximate surface area is 116 Å². The summed E-state index contributed by atoms with van der Waals surface area (Å²) < 4.78 is 0. The normalized spacial score (nSPS) is 11.1. The van der Waals surface area contributed by atoms with Crippen molar-refractivity contribution < 1.29 is 4.79 Å². The Morgan fingerprint density at radius 3 is 2.39 bits per heavy atom. The maximum absolute atomic E-state index is 12.6. The van der Waals surface area contributed by atoms with Crippen LogP contribution in [0.15, 0.2) is 23.1 Å². The molecule has 0 atom stereocenters. The van der Waals surface area contributed by atoms with Crippen LogP contribution in [-0.4, -0.2) is 23.4 Å². The van der Waals surface area contributed by atoms with Gasteiger partial charge in [0.1, 0.15) is 0 Å². The van der Waals surface area contributed by atoms with Gasteiger partial charge in [-0.15, -0.1) is 12.6 Å². The summed E-state index contributed by atoms with van der Waals surface area (Å²) in [5.41, 5.74) is 1.77. The molecule has 1 aromatic carbocycles. The summed E-state index contributed by atoms with van der Waals surface area (Å²) in [6, 6.07) is 5.93. The number of carbonyl (C=O) groups is 1. The third-order valence-corrected chi connectivity index (χ3v) is 3.18. The second kappa shape index (κ2) is 6.28. The minimum Gasteiger partial charge on any atom is -0.336 e. The van der Waals surface area contributed by atoms with Crippen LogP contribution in [0.4, 0.5) is 0 Å². The number of nitrogens with zero attached hydrogens (tertiary/aromatic N) is 1. The molecule has 0 spiro atoms. The summed E-state index contributed by atoms with van der Waals surface area (Å²) in [5, 5.41) is 0. The third-order valence-electron chi connectivity index (χ3n) is 2.90. The first-order chi connectivity index (χ1) is 8.32. The summed E-state index contributed by atoms with van der Waals surface area (Å²) in [6.45, 7) is 11.1. The van der Waals surface area contributed by atoms with Crippen molar-refractivity contribution in [2.75, 3.05) is 6.54 Å². The van der Waals surface area contributed by atoms with Crippen molar-refractivity contribution in [2.24, 2.45) is 5.92 Å². The van der Waals surface area contributed by atoms with Crippen molar-refractivity contribution in [2.45, 2.75) is 45.6 Å². The molecule has 100 valence electrons. The second-order valence-corrected chi connectivity index (χ2v) is 5.96. The van der Waals surface area contributed by atoms with Crippen LogP contribution in [0, 0.1) is 12.8 Å². The highest BCUT2D eigenvalue weighted by Crippen LogP contribution is 2.18. The Kier molecular flexibility index (Phi) is 5.27. The smallest absolute Gasteiger partial charge is 0.254 e. The lowest BCUT2D eigenvalue weighted by Gasteiger charge is -2.29. The molecule has 2 nitrogen and oxygen atoms in total. The molecule has 0 fully saturated rings. The van der Waals surface area contributed by atoms with Crippen LogP contribution in [0.2, 0.25) is 0 Å². The zero-order valence-corrected chi connectivity index (χ0v) is 12.8. The van der Waals surface area contributed by atoms with Gasteiger partial charge in [0.05, 0.1) is 0 Å². The van der Waals surface area contributed by atoms with E-state index < -0.39 is 0 Å². The van der Waals surface area contributed by atoms with Gasteiger partial charge >= 0.3 is 0 Å². The van der Waals surface area contributed by atoms with E-state index in [1.54, 1.807) is 0 Å². The molecule has 0 aromatic heterocycles. The molecule has 0 aliphatic heterocycles. The highest BCUT2D eigenvalue weighted by atomic mass is 32.1. The molecule has 0 bridgehead atoms. The van der Waals surface area contributed by atoms with E-state index in [2.05, 4.69) is 40.3 Å². The van der Waals surface area contributed by atoms with E-state index >= 15 is 0 Å². The number of amides is 1. The van der Waals surface area contributed by atoms with Crippen molar-refractivity contribution >= 4 is 18.5 Å². The molecule has 0 aliphatic rings. The molecule has 1 amide bonds. The second-order valence-electron chi connectivity index (χ2n) is 5.44. The molecule has 0 heterocycles. The van der Waals surface area contributed by atoms with Gasteiger partial charge in [0.15, 0.2) is 0 Å². The molecule has 0 saturated heterocycles. The summed E-state index contributed by atoms with van der Waals surface area (Å²) >= 11 is 4.32. The van der Waals surface area contributed by atoms with Crippen LogP contribution in [0.5, 0.6) is 0 Å². The minimum atomic E-state index is 0.104. The molecule has 0 radical (unpaired) electrons. The third kappa shape index (κ3) is 3.77. The highest BCUT2D eigenvalue weighted by molar-refractivity contribution is 7.80. The molecule has 18 heavy (non-hydrogen) atoms. The fourth-order valence-electron chi connectivity index (χ4n) is 1.92. The summed E-state index contributed by atoms with van der Waals surface area (Å²) in [6.07, 6.45) is 0. The highest BCUT2D eigenvalue weighted by Gasteiger charge is 2.21. The molecule has 0 aliphatic carbocycles. The first-order valence-corrected chi connectivity index (χ1v) is 6.88. The van der Waals surface area contributed by atoms with Gasteiger partial charge in [-0.1, -0.05) is 19.9 Å².